The summed E-state index contributed by atoms with van der Waals surface area (Å²) >= 11 is 0. The minimum absolute atomic E-state index is 0.0638. The van der Waals surface area contributed by atoms with Crippen LogP contribution in [-0.4, -0.2) is 4.98 Å². The highest BCUT2D eigenvalue weighted by Gasteiger charge is 2.17. The topological polar surface area (TPSA) is 50.9 Å². The molecule has 3 N–H and O–H groups in total. The van der Waals surface area contributed by atoms with Crippen molar-refractivity contribution >= 4 is 0 Å². The van der Waals surface area contributed by atoms with E-state index in [0.29, 0.717) is 0 Å². The maximum Gasteiger partial charge on any atom is 0.0886 e. The molecule has 0 spiro atoms. The number of hydrogen-bond donors (Lipinski definition) is 2. The van der Waals surface area contributed by atoms with Crippen molar-refractivity contribution in [2.75, 3.05) is 0 Å². The molecule has 0 aliphatic heterocycles. The second-order valence-electron chi connectivity index (χ2n) is 4.67. The molecule has 0 aliphatic rings. The molecule has 0 fully saturated rings. The Labute approximate surface area is 108 Å². The Morgan fingerprint density at radius 2 is 1.89 bits per heavy atom. The van der Waals surface area contributed by atoms with Crippen LogP contribution in [0.25, 0.3) is 0 Å². The van der Waals surface area contributed by atoms with E-state index < -0.39 is 0 Å². The maximum atomic E-state index is 5.73. The van der Waals surface area contributed by atoms with Crippen molar-refractivity contribution < 1.29 is 0 Å². The molecule has 1 heterocycles. The van der Waals surface area contributed by atoms with Crippen LogP contribution in [0, 0.1) is 20.8 Å². The van der Waals surface area contributed by atoms with E-state index in [1.54, 1.807) is 6.20 Å². The fraction of sp³-hybridized carbons (Fsp3) is 0.267. The van der Waals surface area contributed by atoms with Gasteiger partial charge in [0.05, 0.1) is 11.7 Å². The number of aryl methyl sites for hydroxylation is 3. The number of aromatic nitrogens is 1. The molecule has 1 aromatic heterocycles. The molecule has 0 amide bonds. The summed E-state index contributed by atoms with van der Waals surface area (Å²) in [6.45, 7) is 6.23. The standard InChI is InChI=1S/C15H19N3/c1-10-6-7-11(2)13(9-10)15(18-16)14-12(3)5-4-8-17-14/h4-9,15,18H,16H2,1-3H3. The van der Waals surface area contributed by atoms with Gasteiger partial charge in [-0.3, -0.25) is 10.8 Å². The Kier molecular flexibility index (Phi) is 3.75. The molecule has 0 saturated heterocycles. The first-order chi connectivity index (χ1) is 8.63. The van der Waals surface area contributed by atoms with Crippen LogP contribution >= 0.6 is 0 Å². The van der Waals surface area contributed by atoms with Gasteiger partial charge in [-0.2, -0.15) is 0 Å². The Morgan fingerprint density at radius 1 is 1.11 bits per heavy atom. The third-order valence-corrected chi connectivity index (χ3v) is 3.24. The van der Waals surface area contributed by atoms with Crippen molar-refractivity contribution in [2.45, 2.75) is 26.8 Å². The molecule has 2 aromatic rings. The summed E-state index contributed by atoms with van der Waals surface area (Å²) in [7, 11) is 0. The van der Waals surface area contributed by atoms with Gasteiger partial charge in [-0.1, -0.05) is 29.8 Å². The Hall–Kier alpha value is -1.71. The molecule has 18 heavy (non-hydrogen) atoms. The third kappa shape index (κ3) is 2.42. The molecule has 0 radical (unpaired) electrons. The monoisotopic (exact) mass is 241 g/mol. The summed E-state index contributed by atoms with van der Waals surface area (Å²) in [5, 5.41) is 0. The van der Waals surface area contributed by atoms with Crippen LogP contribution in [0.15, 0.2) is 36.5 Å². The van der Waals surface area contributed by atoms with Gasteiger partial charge in [0.15, 0.2) is 0 Å². The zero-order valence-electron chi connectivity index (χ0n) is 11.1. The first-order valence-electron chi connectivity index (χ1n) is 6.08. The lowest BCUT2D eigenvalue weighted by Gasteiger charge is -2.20. The molecule has 1 unspecified atom stereocenters. The van der Waals surface area contributed by atoms with Crippen molar-refractivity contribution in [2.24, 2.45) is 5.84 Å². The SMILES string of the molecule is Cc1ccc(C)c(C(NN)c2ncccc2C)c1. The lowest BCUT2D eigenvalue weighted by Crippen LogP contribution is -2.30. The number of hydrogen-bond acceptors (Lipinski definition) is 3. The summed E-state index contributed by atoms with van der Waals surface area (Å²) < 4.78 is 0. The number of rotatable bonds is 3. The summed E-state index contributed by atoms with van der Waals surface area (Å²) in [5.41, 5.74) is 8.62. The van der Waals surface area contributed by atoms with Gasteiger partial charge >= 0.3 is 0 Å². The quantitative estimate of drug-likeness (QED) is 0.641. The second kappa shape index (κ2) is 5.29. The average molecular weight is 241 g/mol. The summed E-state index contributed by atoms with van der Waals surface area (Å²) in [5.74, 6) is 5.73. The van der Waals surface area contributed by atoms with Crippen molar-refractivity contribution in [3.8, 4) is 0 Å². The highest BCUT2D eigenvalue weighted by atomic mass is 15.2. The largest absolute Gasteiger partial charge is 0.271 e. The van der Waals surface area contributed by atoms with Crippen molar-refractivity contribution in [1.29, 1.82) is 0 Å². The maximum absolute atomic E-state index is 5.73. The zero-order chi connectivity index (χ0) is 13.1. The first-order valence-corrected chi connectivity index (χ1v) is 6.08. The number of nitrogens with zero attached hydrogens (tertiary/aromatic N) is 1. The van der Waals surface area contributed by atoms with E-state index in [1.165, 1.54) is 16.7 Å². The van der Waals surface area contributed by atoms with Gasteiger partial charge in [-0.15, -0.1) is 0 Å². The molecule has 0 bridgehead atoms. The third-order valence-electron chi connectivity index (χ3n) is 3.24. The van der Waals surface area contributed by atoms with E-state index in [9.17, 15) is 0 Å². The predicted octanol–water partition coefficient (Wildman–Crippen LogP) is 2.56. The minimum Gasteiger partial charge on any atom is -0.271 e. The molecule has 94 valence electrons. The van der Waals surface area contributed by atoms with Crippen molar-refractivity contribution in [1.82, 2.24) is 10.4 Å². The highest BCUT2D eigenvalue weighted by Crippen LogP contribution is 2.25. The molecule has 1 atom stereocenters. The highest BCUT2D eigenvalue weighted by molar-refractivity contribution is 5.39. The van der Waals surface area contributed by atoms with Crippen LogP contribution in [-0.2, 0) is 0 Å². The van der Waals surface area contributed by atoms with Gasteiger partial charge in [0.1, 0.15) is 0 Å². The second-order valence-corrected chi connectivity index (χ2v) is 4.67. The lowest BCUT2D eigenvalue weighted by atomic mass is 9.95. The Balaban J connectivity index is 2.52. The molecule has 3 nitrogen and oxygen atoms in total. The van der Waals surface area contributed by atoms with Crippen LogP contribution in [0.1, 0.15) is 34.0 Å². The molecule has 0 saturated carbocycles. The summed E-state index contributed by atoms with van der Waals surface area (Å²) in [6, 6.07) is 10.3. The van der Waals surface area contributed by atoms with Crippen LogP contribution in [0.2, 0.25) is 0 Å². The van der Waals surface area contributed by atoms with E-state index in [1.807, 2.05) is 6.07 Å². The van der Waals surface area contributed by atoms with Crippen molar-refractivity contribution in [3.63, 3.8) is 0 Å². The zero-order valence-corrected chi connectivity index (χ0v) is 11.1. The van der Waals surface area contributed by atoms with E-state index in [4.69, 9.17) is 5.84 Å². The average Bonchev–Trinajstić information content (AvgIpc) is 2.36. The molecular weight excluding hydrogens is 222 g/mol. The van der Waals surface area contributed by atoms with Gasteiger partial charge in [0.2, 0.25) is 0 Å². The number of nitrogens with one attached hydrogen (secondary N) is 1. The lowest BCUT2D eigenvalue weighted by molar-refractivity contribution is 0.613. The van der Waals surface area contributed by atoms with Gasteiger partial charge in [-0.25, -0.2) is 5.43 Å². The van der Waals surface area contributed by atoms with Crippen LogP contribution < -0.4 is 11.3 Å². The fourth-order valence-electron chi connectivity index (χ4n) is 2.19. The van der Waals surface area contributed by atoms with Crippen LogP contribution in [0.4, 0.5) is 0 Å². The molecule has 3 heteroatoms. The minimum atomic E-state index is -0.0638. The van der Waals surface area contributed by atoms with Crippen LogP contribution in [0.5, 0.6) is 0 Å². The Morgan fingerprint density at radius 3 is 2.56 bits per heavy atom. The normalized spacial score (nSPS) is 12.4. The molecule has 2 rings (SSSR count). The molecular formula is C15H19N3. The molecule has 0 aliphatic carbocycles. The van der Waals surface area contributed by atoms with Gasteiger partial charge in [0, 0.05) is 6.20 Å². The fourth-order valence-corrected chi connectivity index (χ4v) is 2.19. The van der Waals surface area contributed by atoms with Crippen molar-refractivity contribution in [3.05, 3.63) is 64.5 Å². The van der Waals surface area contributed by atoms with Gasteiger partial charge in [-0.05, 0) is 43.5 Å². The van der Waals surface area contributed by atoms with Gasteiger partial charge in [0.25, 0.3) is 0 Å². The first kappa shape index (κ1) is 12.7. The van der Waals surface area contributed by atoms with E-state index >= 15 is 0 Å². The van der Waals surface area contributed by atoms with E-state index in [-0.39, 0.29) is 6.04 Å². The predicted molar refractivity (Wildman–Crippen MR) is 74.1 cm³/mol. The number of nitrogens with two attached hydrogens (primary N) is 1. The number of benzene rings is 1. The van der Waals surface area contributed by atoms with Gasteiger partial charge < -0.3 is 0 Å². The number of pyridine rings is 1. The Bertz CT molecular complexity index is 549. The smallest absolute Gasteiger partial charge is 0.0886 e. The molecule has 1 aromatic carbocycles. The van der Waals surface area contributed by atoms with E-state index in [2.05, 4.69) is 55.4 Å². The summed E-state index contributed by atoms with van der Waals surface area (Å²) in [6.07, 6.45) is 1.80. The van der Waals surface area contributed by atoms with Crippen LogP contribution in [0.3, 0.4) is 0 Å². The van der Waals surface area contributed by atoms with E-state index in [0.717, 1.165) is 11.3 Å². The number of hydrazine groups is 1. The summed E-state index contributed by atoms with van der Waals surface area (Å²) in [4.78, 5) is 4.45.